The molecule has 3 rings (SSSR count). The minimum absolute atomic E-state index is 0.0999. The predicted octanol–water partition coefficient (Wildman–Crippen LogP) is 2.91. The maximum atomic E-state index is 12.5. The topological polar surface area (TPSA) is 56.8 Å². The smallest absolute Gasteiger partial charge is 0.234 e. The average Bonchev–Trinajstić information content (AvgIpc) is 2.48. The Morgan fingerprint density at radius 2 is 1.78 bits per heavy atom. The van der Waals surface area contributed by atoms with Crippen molar-refractivity contribution < 1.29 is 19.0 Å². The lowest BCUT2D eigenvalue weighted by Gasteiger charge is -2.40. The van der Waals surface area contributed by atoms with Gasteiger partial charge in [-0.15, -0.1) is 0 Å². The third-order valence-corrected chi connectivity index (χ3v) is 5.26. The Kier molecular flexibility index (Phi) is 4.58. The van der Waals surface area contributed by atoms with Gasteiger partial charge in [0.25, 0.3) is 0 Å². The predicted molar refractivity (Wildman–Crippen MR) is 90.9 cm³/mol. The maximum Gasteiger partial charge on any atom is 0.234 e. The molecule has 1 amide bonds. The van der Waals surface area contributed by atoms with Crippen LogP contribution in [0.3, 0.4) is 0 Å². The number of thioether (sulfide) groups is 1. The highest BCUT2D eigenvalue weighted by Crippen LogP contribution is 2.31. The molecule has 1 N–H and O–H groups in total. The molecule has 0 aliphatic carbocycles. The Balaban J connectivity index is 1.56. The highest BCUT2D eigenvalue weighted by molar-refractivity contribution is 8.00. The molecule has 0 atom stereocenters. The van der Waals surface area contributed by atoms with Crippen molar-refractivity contribution in [3.05, 3.63) is 24.3 Å². The van der Waals surface area contributed by atoms with Gasteiger partial charge in [-0.05, 0) is 45.0 Å². The number of benzene rings is 1. The summed E-state index contributed by atoms with van der Waals surface area (Å²) in [6, 6.07) is 7.49. The second-order valence-corrected chi connectivity index (χ2v) is 7.87. The van der Waals surface area contributed by atoms with Crippen LogP contribution < -0.4 is 10.1 Å². The largest absolute Gasteiger partial charge is 0.489 e. The SMILES string of the molecule is CC1(C)OCC(C)(C(=O)Nc2ccc(OC3CSC3)cc2)CO1. The molecule has 0 bridgehead atoms. The Morgan fingerprint density at radius 1 is 1.17 bits per heavy atom. The first kappa shape index (κ1) is 16.6. The minimum atomic E-state index is -0.687. The average molecular weight is 337 g/mol. The van der Waals surface area contributed by atoms with Crippen LogP contribution >= 0.6 is 11.8 Å². The highest BCUT2D eigenvalue weighted by atomic mass is 32.2. The number of hydrogen-bond donors (Lipinski definition) is 1. The molecule has 6 heteroatoms. The number of amides is 1. The van der Waals surface area contributed by atoms with Crippen molar-refractivity contribution in [2.75, 3.05) is 30.0 Å². The molecule has 0 unspecified atom stereocenters. The quantitative estimate of drug-likeness (QED) is 0.915. The van der Waals surface area contributed by atoms with Gasteiger partial charge in [0.2, 0.25) is 5.91 Å². The zero-order chi connectivity index (χ0) is 16.5. The van der Waals surface area contributed by atoms with Crippen LogP contribution in [0.25, 0.3) is 0 Å². The van der Waals surface area contributed by atoms with Crippen molar-refractivity contribution in [3.63, 3.8) is 0 Å². The summed E-state index contributed by atoms with van der Waals surface area (Å²) in [5, 5.41) is 2.93. The molecular formula is C17H23NO4S. The van der Waals surface area contributed by atoms with Crippen molar-refractivity contribution >= 4 is 23.4 Å². The summed E-state index contributed by atoms with van der Waals surface area (Å²) in [5.41, 5.74) is 0.0600. The lowest BCUT2D eigenvalue weighted by atomic mass is 9.90. The molecule has 0 radical (unpaired) electrons. The van der Waals surface area contributed by atoms with Crippen LogP contribution in [0.1, 0.15) is 20.8 Å². The summed E-state index contributed by atoms with van der Waals surface area (Å²) in [7, 11) is 0. The van der Waals surface area contributed by atoms with Gasteiger partial charge in [0.1, 0.15) is 11.9 Å². The van der Waals surface area contributed by atoms with Gasteiger partial charge in [-0.25, -0.2) is 0 Å². The van der Waals surface area contributed by atoms with Crippen LogP contribution in [0.15, 0.2) is 24.3 Å². The van der Waals surface area contributed by atoms with E-state index in [4.69, 9.17) is 14.2 Å². The van der Waals surface area contributed by atoms with E-state index in [1.807, 2.05) is 56.8 Å². The molecule has 2 aliphatic heterocycles. The first-order valence-corrected chi connectivity index (χ1v) is 8.96. The fraction of sp³-hybridized carbons (Fsp3) is 0.588. The second-order valence-electron chi connectivity index (χ2n) is 6.79. The number of ether oxygens (including phenoxy) is 3. The van der Waals surface area contributed by atoms with E-state index in [2.05, 4.69) is 5.32 Å². The number of hydrogen-bond acceptors (Lipinski definition) is 5. The van der Waals surface area contributed by atoms with E-state index >= 15 is 0 Å². The fourth-order valence-corrected chi connectivity index (χ4v) is 2.82. The molecule has 23 heavy (non-hydrogen) atoms. The zero-order valence-electron chi connectivity index (χ0n) is 13.8. The summed E-state index contributed by atoms with van der Waals surface area (Å²) in [5.74, 6) is 2.21. The van der Waals surface area contributed by atoms with Crippen LogP contribution in [0.5, 0.6) is 5.75 Å². The van der Waals surface area contributed by atoms with Gasteiger partial charge < -0.3 is 19.5 Å². The molecule has 126 valence electrons. The normalized spacial score (nSPS) is 22.9. The molecule has 1 aromatic carbocycles. The van der Waals surface area contributed by atoms with Crippen molar-refractivity contribution in [2.45, 2.75) is 32.7 Å². The van der Waals surface area contributed by atoms with Crippen molar-refractivity contribution in [2.24, 2.45) is 5.41 Å². The second kappa shape index (κ2) is 6.34. The molecule has 5 nitrogen and oxygen atoms in total. The van der Waals surface area contributed by atoms with E-state index in [1.165, 1.54) is 0 Å². The van der Waals surface area contributed by atoms with E-state index in [-0.39, 0.29) is 5.91 Å². The summed E-state index contributed by atoms with van der Waals surface area (Å²) >= 11 is 1.89. The fourth-order valence-electron chi connectivity index (χ4n) is 2.25. The van der Waals surface area contributed by atoms with Gasteiger partial charge in [-0.1, -0.05) is 0 Å². The number of nitrogens with one attached hydrogen (secondary N) is 1. The van der Waals surface area contributed by atoms with Crippen LogP contribution in [0.4, 0.5) is 5.69 Å². The van der Waals surface area contributed by atoms with Crippen molar-refractivity contribution in [3.8, 4) is 5.75 Å². The van der Waals surface area contributed by atoms with Crippen LogP contribution in [0.2, 0.25) is 0 Å². The third-order valence-electron chi connectivity index (χ3n) is 4.05. The third kappa shape index (κ3) is 4.00. The highest BCUT2D eigenvalue weighted by Gasteiger charge is 2.42. The van der Waals surface area contributed by atoms with Crippen LogP contribution in [-0.2, 0) is 14.3 Å². The van der Waals surface area contributed by atoms with Gasteiger partial charge in [0.15, 0.2) is 5.79 Å². The summed E-state index contributed by atoms with van der Waals surface area (Å²) < 4.78 is 17.0. The first-order chi connectivity index (χ1) is 10.9. The molecule has 0 saturated carbocycles. The maximum absolute atomic E-state index is 12.5. The van der Waals surface area contributed by atoms with Gasteiger partial charge in [-0.2, -0.15) is 11.8 Å². The lowest BCUT2D eigenvalue weighted by molar-refractivity contribution is -0.276. The zero-order valence-corrected chi connectivity index (χ0v) is 14.6. The Bertz CT molecular complexity index is 558. The van der Waals surface area contributed by atoms with E-state index in [1.54, 1.807) is 0 Å². The first-order valence-electron chi connectivity index (χ1n) is 7.80. The summed E-state index contributed by atoms with van der Waals surface area (Å²) in [6.07, 6.45) is 0.319. The van der Waals surface area contributed by atoms with Gasteiger partial charge >= 0.3 is 0 Å². The molecule has 2 aliphatic rings. The Morgan fingerprint density at radius 3 is 2.30 bits per heavy atom. The summed E-state index contributed by atoms with van der Waals surface area (Å²) in [4.78, 5) is 12.5. The van der Waals surface area contributed by atoms with Gasteiger partial charge in [-0.3, -0.25) is 4.79 Å². The molecular weight excluding hydrogens is 314 g/mol. The molecule has 2 heterocycles. The van der Waals surface area contributed by atoms with Gasteiger partial charge in [0.05, 0.1) is 18.6 Å². The minimum Gasteiger partial charge on any atom is -0.489 e. The van der Waals surface area contributed by atoms with Crippen molar-refractivity contribution in [1.82, 2.24) is 0 Å². The number of carbonyl (C=O) groups is 1. The standard InChI is InChI=1S/C17H23NO4S/c1-16(2)20-10-17(3,11-21-16)15(19)18-12-4-6-13(7-5-12)22-14-8-23-9-14/h4-7,14H,8-11H2,1-3H3,(H,18,19). The van der Waals surface area contributed by atoms with E-state index in [9.17, 15) is 4.79 Å². The van der Waals surface area contributed by atoms with E-state index < -0.39 is 11.2 Å². The molecule has 0 spiro atoms. The molecule has 0 aromatic heterocycles. The molecule has 1 aromatic rings. The van der Waals surface area contributed by atoms with Crippen LogP contribution in [0, 0.1) is 5.41 Å². The van der Waals surface area contributed by atoms with E-state index in [0.717, 1.165) is 22.9 Å². The number of carbonyl (C=O) groups excluding carboxylic acids is 1. The number of anilines is 1. The monoisotopic (exact) mass is 337 g/mol. The Labute approximate surface area is 141 Å². The summed E-state index contributed by atoms with van der Waals surface area (Å²) in [6.45, 7) is 6.23. The molecule has 2 fully saturated rings. The van der Waals surface area contributed by atoms with Gasteiger partial charge in [0, 0.05) is 17.2 Å². The Hall–Kier alpha value is -1.24. The molecule has 2 saturated heterocycles. The van der Waals surface area contributed by atoms with E-state index in [0.29, 0.717) is 19.3 Å². The number of rotatable bonds is 4. The van der Waals surface area contributed by atoms with Crippen molar-refractivity contribution in [1.29, 1.82) is 0 Å². The lowest BCUT2D eigenvalue weighted by Crippen LogP contribution is -2.50. The van der Waals surface area contributed by atoms with Crippen LogP contribution in [-0.4, -0.2) is 42.5 Å².